The van der Waals surface area contributed by atoms with E-state index in [0.717, 1.165) is 19.3 Å². The Labute approximate surface area is 139 Å². The number of ether oxygens (including phenoxy) is 1. The van der Waals surface area contributed by atoms with Gasteiger partial charge in [-0.25, -0.2) is 4.79 Å². The molecule has 3 rings (SSSR count). The van der Waals surface area contributed by atoms with Crippen LogP contribution in [0.2, 0.25) is 0 Å². The first-order valence-corrected chi connectivity index (χ1v) is 8.71. The molecule has 1 aromatic carbocycles. The second kappa shape index (κ2) is 6.52. The molecular formula is C19H28N2O2. The summed E-state index contributed by atoms with van der Waals surface area (Å²) in [6, 6.07) is 12.1. The van der Waals surface area contributed by atoms with E-state index in [4.69, 9.17) is 4.74 Å². The molecule has 2 aliphatic rings. The van der Waals surface area contributed by atoms with Gasteiger partial charge in [0.2, 0.25) is 0 Å². The van der Waals surface area contributed by atoms with E-state index in [2.05, 4.69) is 41.0 Å². The maximum absolute atomic E-state index is 11.8. The summed E-state index contributed by atoms with van der Waals surface area (Å²) in [7, 11) is 0. The molecular weight excluding hydrogens is 288 g/mol. The summed E-state index contributed by atoms with van der Waals surface area (Å²) < 4.78 is 5.33. The molecule has 1 amide bonds. The van der Waals surface area contributed by atoms with E-state index in [9.17, 15) is 4.79 Å². The molecule has 4 atom stereocenters. The molecule has 0 aromatic heterocycles. The van der Waals surface area contributed by atoms with Crippen LogP contribution in [-0.4, -0.2) is 29.8 Å². The van der Waals surface area contributed by atoms with Crippen molar-refractivity contribution >= 4 is 6.09 Å². The van der Waals surface area contributed by atoms with E-state index >= 15 is 0 Å². The Morgan fingerprint density at radius 1 is 1.09 bits per heavy atom. The first-order chi connectivity index (χ1) is 10.9. The average molecular weight is 316 g/mol. The highest BCUT2D eigenvalue weighted by molar-refractivity contribution is 5.68. The largest absolute Gasteiger partial charge is 0.444 e. The van der Waals surface area contributed by atoms with E-state index in [1.54, 1.807) is 0 Å². The van der Waals surface area contributed by atoms with Gasteiger partial charge in [-0.05, 0) is 52.0 Å². The lowest BCUT2D eigenvalue weighted by Crippen LogP contribution is -2.39. The highest BCUT2D eigenvalue weighted by Crippen LogP contribution is 2.41. The minimum Gasteiger partial charge on any atom is -0.444 e. The fourth-order valence-corrected chi connectivity index (χ4v) is 3.49. The molecule has 0 heterocycles. The van der Waals surface area contributed by atoms with Crippen LogP contribution in [0.25, 0.3) is 0 Å². The fourth-order valence-electron chi connectivity index (χ4n) is 3.49. The van der Waals surface area contributed by atoms with Gasteiger partial charge in [0.1, 0.15) is 5.60 Å². The highest BCUT2D eigenvalue weighted by Gasteiger charge is 2.40. The van der Waals surface area contributed by atoms with Gasteiger partial charge in [-0.15, -0.1) is 0 Å². The SMILES string of the molecule is CC(C)(C)OC(=O)NC1CCC(NC2CC2c2ccccc2)C1. The van der Waals surface area contributed by atoms with Crippen LogP contribution in [0.5, 0.6) is 0 Å². The standard InChI is InChI=1S/C19H28N2O2/c1-19(2,3)23-18(22)21-15-10-9-14(11-15)20-17-12-16(17)13-7-5-4-6-8-13/h4-8,14-17,20H,9-12H2,1-3H3,(H,21,22). The van der Waals surface area contributed by atoms with E-state index in [0.29, 0.717) is 18.0 Å². The van der Waals surface area contributed by atoms with Gasteiger partial charge in [-0.3, -0.25) is 0 Å². The van der Waals surface area contributed by atoms with Crippen LogP contribution in [0.4, 0.5) is 4.79 Å². The van der Waals surface area contributed by atoms with Crippen LogP contribution < -0.4 is 10.6 Å². The predicted molar refractivity (Wildman–Crippen MR) is 91.5 cm³/mol. The molecule has 2 aliphatic carbocycles. The van der Waals surface area contributed by atoms with Crippen molar-refractivity contribution in [1.29, 1.82) is 0 Å². The van der Waals surface area contributed by atoms with Crippen LogP contribution in [0, 0.1) is 0 Å². The summed E-state index contributed by atoms with van der Waals surface area (Å²) in [5, 5.41) is 6.76. The third-order valence-corrected chi connectivity index (χ3v) is 4.62. The van der Waals surface area contributed by atoms with E-state index in [1.165, 1.54) is 12.0 Å². The maximum Gasteiger partial charge on any atom is 0.407 e. The molecule has 2 N–H and O–H groups in total. The number of rotatable bonds is 4. The number of hydrogen-bond acceptors (Lipinski definition) is 3. The van der Waals surface area contributed by atoms with E-state index in [-0.39, 0.29) is 12.1 Å². The van der Waals surface area contributed by atoms with Crippen molar-refractivity contribution in [2.24, 2.45) is 0 Å². The Morgan fingerprint density at radius 3 is 2.48 bits per heavy atom. The molecule has 1 aromatic rings. The van der Waals surface area contributed by atoms with Crippen LogP contribution >= 0.6 is 0 Å². The summed E-state index contributed by atoms with van der Waals surface area (Å²) in [6.45, 7) is 5.67. The summed E-state index contributed by atoms with van der Waals surface area (Å²) in [5.41, 5.74) is 1.00. The Morgan fingerprint density at radius 2 is 1.78 bits per heavy atom. The first kappa shape index (κ1) is 16.3. The monoisotopic (exact) mass is 316 g/mol. The number of benzene rings is 1. The number of nitrogens with one attached hydrogen (secondary N) is 2. The van der Waals surface area contributed by atoms with Crippen molar-refractivity contribution in [3.63, 3.8) is 0 Å². The lowest BCUT2D eigenvalue weighted by Gasteiger charge is -2.22. The van der Waals surface area contributed by atoms with Crippen LogP contribution in [-0.2, 0) is 4.74 Å². The van der Waals surface area contributed by atoms with Crippen LogP contribution in [0.1, 0.15) is 57.9 Å². The Balaban J connectivity index is 1.40. The fraction of sp³-hybridized carbons (Fsp3) is 0.632. The van der Waals surface area contributed by atoms with Crippen molar-refractivity contribution in [1.82, 2.24) is 10.6 Å². The lowest BCUT2D eigenvalue weighted by molar-refractivity contribution is 0.0505. The molecule has 4 heteroatoms. The molecule has 0 aliphatic heterocycles. The minimum atomic E-state index is -0.433. The van der Waals surface area contributed by atoms with Gasteiger partial charge < -0.3 is 15.4 Å². The van der Waals surface area contributed by atoms with Gasteiger partial charge in [0.05, 0.1) is 0 Å². The smallest absolute Gasteiger partial charge is 0.407 e. The predicted octanol–water partition coefficient (Wildman–Crippen LogP) is 3.58. The Kier molecular flexibility index (Phi) is 4.62. The second-order valence-corrected chi connectivity index (χ2v) is 7.88. The van der Waals surface area contributed by atoms with Crippen molar-refractivity contribution in [2.45, 2.75) is 76.1 Å². The van der Waals surface area contributed by atoms with Gasteiger partial charge in [-0.2, -0.15) is 0 Å². The summed E-state index contributed by atoms with van der Waals surface area (Å²) in [6.07, 6.45) is 4.08. The molecule has 2 fully saturated rings. The Bertz CT molecular complexity index is 538. The number of carbonyl (C=O) groups excluding carboxylic acids is 1. The number of hydrogen-bond donors (Lipinski definition) is 2. The molecule has 126 valence electrons. The van der Waals surface area contributed by atoms with Gasteiger partial charge in [0.25, 0.3) is 0 Å². The molecule has 23 heavy (non-hydrogen) atoms. The first-order valence-electron chi connectivity index (χ1n) is 8.71. The zero-order chi connectivity index (χ0) is 16.4. The minimum absolute atomic E-state index is 0.233. The normalized spacial score (nSPS) is 30.0. The van der Waals surface area contributed by atoms with Gasteiger partial charge in [0.15, 0.2) is 0 Å². The van der Waals surface area contributed by atoms with E-state index in [1.807, 2.05) is 20.8 Å². The average Bonchev–Trinajstić information content (AvgIpc) is 3.09. The molecule has 4 unspecified atom stereocenters. The number of amides is 1. The van der Waals surface area contributed by atoms with Crippen LogP contribution in [0.3, 0.4) is 0 Å². The van der Waals surface area contributed by atoms with Crippen molar-refractivity contribution < 1.29 is 9.53 Å². The molecule has 0 radical (unpaired) electrons. The van der Waals surface area contributed by atoms with E-state index < -0.39 is 5.60 Å². The van der Waals surface area contributed by atoms with Crippen molar-refractivity contribution in [2.75, 3.05) is 0 Å². The summed E-state index contributed by atoms with van der Waals surface area (Å²) in [4.78, 5) is 11.8. The summed E-state index contributed by atoms with van der Waals surface area (Å²) in [5.74, 6) is 0.661. The van der Waals surface area contributed by atoms with Crippen molar-refractivity contribution in [3.05, 3.63) is 35.9 Å². The topological polar surface area (TPSA) is 50.4 Å². The third-order valence-electron chi connectivity index (χ3n) is 4.62. The quantitative estimate of drug-likeness (QED) is 0.892. The zero-order valence-corrected chi connectivity index (χ0v) is 14.3. The Hall–Kier alpha value is -1.55. The summed E-state index contributed by atoms with van der Waals surface area (Å²) >= 11 is 0. The molecule has 0 bridgehead atoms. The third kappa shape index (κ3) is 4.71. The van der Waals surface area contributed by atoms with Crippen LogP contribution in [0.15, 0.2) is 30.3 Å². The zero-order valence-electron chi connectivity index (χ0n) is 14.3. The number of carbonyl (C=O) groups is 1. The van der Waals surface area contributed by atoms with Gasteiger partial charge in [0, 0.05) is 24.0 Å². The molecule has 4 nitrogen and oxygen atoms in total. The lowest BCUT2D eigenvalue weighted by atomic mass is 10.1. The number of alkyl carbamates (subject to hydrolysis) is 1. The van der Waals surface area contributed by atoms with Gasteiger partial charge >= 0.3 is 6.09 Å². The maximum atomic E-state index is 11.8. The molecule has 0 spiro atoms. The second-order valence-electron chi connectivity index (χ2n) is 7.88. The highest BCUT2D eigenvalue weighted by atomic mass is 16.6. The molecule has 0 saturated heterocycles. The molecule has 2 saturated carbocycles. The van der Waals surface area contributed by atoms with Crippen molar-refractivity contribution in [3.8, 4) is 0 Å². The van der Waals surface area contributed by atoms with Gasteiger partial charge in [-0.1, -0.05) is 30.3 Å².